The summed E-state index contributed by atoms with van der Waals surface area (Å²) in [5.41, 5.74) is 3.07. The maximum absolute atomic E-state index is 14.9. The zero-order valence-corrected chi connectivity index (χ0v) is 19.4. The quantitative estimate of drug-likeness (QED) is 0.249. The van der Waals surface area contributed by atoms with Crippen LogP contribution >= 0.6 is 12.4 Å². The van der Waals surface area contributed by atoms with Crippen molar-refractivity contribution >= 4 is 46.5 Å². The van der Waals surface area contributed by atoms with Crippen LogP contribution in [0.3, 0.4) is 0 Å². The van der Waals surface area contributed by atoms with Crippen molar-refractivity contribution in [2.45, 2.75) is 6.92 Å². The lowest BCUT2D eigenvalue weighted by Gasteiger charge is -2.13. The van der Waals surface area contributed by atoms with Crippen molar-refractivity contribution in [3.8, 4) is 11.5 Å². The highest BCUT2D eigenvalue weighted by atomic mass is 35.5. The monoisotopic (exact) mass is 489 g/mol. The number of H-pyrrole nitrogens is 1. The van der Waals surface area contributed by atoms with Crippen LogP contribution in [0.2, 0.25) is 0 Å². The van der Waals surface area contributed by atoms with Gasteiger partial charge in [-0.05, 0) is 55.0 Å². The average molecular weight is 490 g/mol. The molecule has 9 heteroatoms. The molecule has 1 amide bonds. The number of halogens is 2. The predicted molar refractivity (Wildman–Crippen MR) is 136 cm³/mol. The number of ether oxygens (including phenoxy) is 1. The Bertz CT molecular complexity index is 1500. The Labute approximate surface area is 206 Å². The smallest absolute Gasteiger partial charge is 0.259 e. The van der Waals surface area contributed by atoms with Crippen LogP contribution in [0.15, 0.2) is 85.3 Å². The van der Waals surface area contributed by atoms with Gasteiger partial charge in [-0.15, -0.1) is 12.4 Å². The third kappa shape index (κ3) is 5.07. The Morgan fingerprint density at radius 2 is 1.83 bits per heavy atom. The highest BCUT2D eigenvalue weighted by Gasteiger charge is 2.15. The normalized spacial score (nSPS) is 10.5. The lowest BCUT2D eigenvalue weighted by atomic mass is 10.1. The van der Waals surface area contributed by atoms with Crippen LogP contribution < -0.4 is 15.4 Å². The van der Waals surface area contributed by atoms with Crippen LogP contribution in [0.1, 0.15) is 15.9 Å². The van der Waals surface area contributed by atoms with Gasteiger partial charge in [-0.25, -0.2) is 14.4 Å². The van der Waals surface area contributed by atoms with Crippen molar-refractivity contribution in [1.82, 2.24) is 15.0 Å². The van der Waals surface area contributed by atoms with Gasteiger partial charge < -0.3 is 20.4 Å². The van der Waals surface area contributed by atoms with Gasteiger partial charge in [0.25, 0.3) is 5.91 Å². The molecule has 0 bridgehead atoms. The summed E-state index contributed by atoms with van der Waals surface area (Å²) >= 11 is 0. The number of pyridine rings is 2. The van der Waals surface area contributed by atoms with Crippen molar-refractivity contribution < 1.29 is 13.9 Å². The molecule has 35 heavy (non-hydrogen) atoms. The lowest BCUT2D eigenvalue weighted by molar-refractivity contribution is 0.102. The maximum Gasteiger partial charge on any atom is 0.259 e. The molecule has 0 radical (unpaired) electrons. The van der Waals surface area contributed by atoms with E-state index in [0.717, 1.165) is 10.9 Å². The van der Waals surface area contributed by atoms with Crippen LogP contribution in [0.4, 0.5) is 21.6 Å². The van der Waals surface area contributed by atoms with Crippen molar-refractivity contribution in [2.75, 3.05) is 10.6 Å². The Morgan fingerprint density at radius 3 is 2.66 bits per heavy atom. The number of amides is 1. The number of nitrogens with zero attached hydrogens (tertiary/aromatic N) is 2. The van der Waals surface area contributed by atoms with E-state index in [0.29, 0.717) is 34.2 Å². The molecule has 3 aromatic heterocycles. The molecule has 5 aromatic rings. The molecule has 0 fully saturated rings. The first-order valence-corrected chi connectivity index (χ1v) is 10.6. The molecule has 7 nitrogen and oxygen atoms in total. The minimum absolute atomic E-state index is 0. The summed E-state index contributed by atoms with van der Waals surface area (Å²) in [6.07, 6.45) is 4.90. The molecule has 0 aliphatic rings. The highest BCUT2D eigenvalue weighted by Crippen LogP contribution is 2.32. The first-order chi connectivity index (χ1) is 16.6. The molecule has 0 aliphatic heterocycles. The number of nitrogens with one attached hydrogen (secondary N) is 3. The third-order valence-electron chi connectivity index (χ3n) is 5.28. The van der Waals surface area contributed by atoms with Gasteiger partial charge in [0.15, 0.2) is 11.6 Å². The van der Waals surface area contributed by atoms with Gasteiger partial charge in [0.1, 0.15) is 17.2 Å². The van der Waals surface area contributed by atoms with E-state index < -0.39 is 5.82 Å². The van der Waals surface area contributed by atoms with Crippen molar-refractivity contribution in [3.63, 3.8) is 0 Å². The lowest BCUT2D eigenvalue weighted by Crippen LogP contribution is -2.15. The van der Waals surface area contributed by atoms with Crippen LogP contribution in [0.5, 0.6) is 11.5 Å². The molecule has 0 saturated carbocycles. The second-order valence-electron chi connectivity index (χ2n) is 7.59. The fraction of sp³-hybridized carbons (Fsp3) is 0.0385. The molecule has 0 saturated heterocycles. The van der Waals surface area contributed by atoms with Crippen molar-refractivity contribution in [1.29, 1.82) is 0 Å². The molecule has 0 spiro atoms. The van der Waals surface area contributed by atoms with Gasteiger partial charge in [0, 0.05) is 36.0 Å². The number of hydrogen-bond donors (Lipinski definition) is 3. The van der Waals surface area contributed by atoms with Crippen molar-refractivity contribution in [2.24, 2.45) is 0 Å². The molecule has 5 rings (SSSR count). The summed E-state index contributed by atoms with van der Waals surface area (Å²) in [5.74, 6) is -0.0146. The standard InChI is InChI=1S/C26H20FN5O2.ClH/c1-16-5-2-3-7-21(16)32-26(33)19-6-4-12-28-25(19)31-17-8-9-23(20(27)15-17)34-22-11-14-30-24-18(22)10-13-29-24;/h2-15H,1H3,(H,28,31)(H,29,30)(H,32,33);1H. The van der Waals surface area contributed by atoms with E-state index in [2.05, 4.69) is 25.6 Å². The summed E-state index contributed by atoms with van der Waals surface area (Å²) in [4.78, 5) is 24.4. The Balaban J connectivity index is 0.00000289. The zero-order chi connectivity index (χ0) is 23.5. The van der Waals surface area contributed by atoms with Crippen LogP contribution in [-0.2, 0) is 0 Å². The molecule has 0 unspecified atom stereocenters. The molecule has 176 valence electrons. The number of anilines is 3. The maximum atomic E-state index is 14.9. The molecular formula is C26H21ClFN5O2. The van der Waals surface area contributed by atoms with Crippen LogP contribution in [0.25, 0.3) is 11.0 Å². The minimum atomic E-state index is -0.563. The fourth-order valence-corrected chi connectivity index (χ4v) is 3.53. The number of rotatable bonds is 6. The number of hydrogen-bond acceptors (Lipinski definition) is 5. The topological polar surface area (TPSA) is 91.9 Å². The van der Waals surface area contributed by atoms with Gasteiger partial charge in [-0.2, -0.15) is 0 Å². The second-order valence-corrected chi connectivity index (χ2v) is 7.59. The SMILES string of the molecule is Cc1ccccc1NC(=O)c1cccnc1Nc1ccc(Oc2ccnc3[nH]ccc23)c(F)c1.Cl. The van der Waals surface area contributed by atoms with Crippen LogP contribution in [0, 0.1) is 12.7 Å². The summed E-state index contributed by atoms with van der Waals surface area (Å²) < 4.78 is 20.7. The minimum Gasteiger partial charge on any atom is -0.453 e. The molecule has 2 aromatic carbocycles. The number of para-hydroxylation sites is 1. The molecule has 0 aliphatic carbocycles. The van der Waals surface area contributed by atoms with E-state index in [9.17, 15) is 9.18 Å². The summed E-state index contributed by atoms with van der Waals surface area (Å²) in [7, 11) is 0. The van der Waals surface area contributed by atoms with Gasteiger partial charge in [-0.3, -0.25) is 4.79 Å². The van der Waals surface area contributed by atoms with Gasteiger partial charge in [0.05, 0.1) is 10.9 Å². The number of carbonyl (C=O) groups excluding carboxylic acids is 1. The predicted octanol–water partition coefficient (Wildman–Crippen LogP) is 6.62. The van der Waals surface area contributed by atoms with Crippen molar-refractivity contribution in [3.05, 3.63) is 102 Å². The Hall–Kier alpha value is -4.43. The summed E-state index contributed by atoms with van der Waals surface area (Å²) in [6.45, 7) is 1.91. The first kappa shape index (κ1) is 23.7. The largest absolute Gasteiger partial charge is 0.453 e. The Morgan fingerprint density at radius 1 is 0.971 bits per heavy atom. The summed E-state index contributed by atoms with van der Waals surface area (Å²) in [6, 6.07) is 18.8. The average Bonchev–Trinajstić information content (AvgIpc) is 3.33. The fourth-order valence-electron chi connectivity index (χ4n) is 3.53. The summed E-state index contributed by atoms with van der Waals surface area (Å²) in [5, 5.41) is 6.67. The Kier molecular flexibility index (Phi) is 6.93. The number of aryl methyl sites for hydroxylation is 1. The first-order valence-electron chi connectivity index (χ1n) is 10.6. The number of aromatic nitrogens is 3. The molecule has 0 atom stereocenters. The number of benzene rings is 2. The van der Waals surface area contributed by atoms with E-state index in [-0.39, 0.29) is 24.1 Å². The molecular weight excluding hydrogens is 469 g/mol. The third-order valence-corrected chi connectivity index (χ3v) is 5.28. The number of aromatic amines is 1. The van der Waals surface area contributed by atoms with E-state index in [4.69, 9.17) is 4.74 Å². The van der Waals surface area contributed by atoms with Gasteiger partial charge in [-0.1, -0.05) is 18.2 Å². The molecule has 3 heterocycles. The highest BCUT2D eigenvalue weighted by molar-refractivity contribution is 6.08. The second kappa shape index (κ2) is 10.2. The van der Waals surface area contributed by atoms with E-state index in [1.54, 1.807) is 42.9 Å². The van der Waals surface area contributed by atoms with Gasteiger partial charge in [0.2, 0.25) is 0 Å². The van der Waals surface area contributed by atoms with Crippen LogP contribution in [-0.4, -0.2) is 20.9 Å². The van der Waals surface area contributed by atoms with E-state index in [1.165, 1.54) is 12.1 Å². The van der Waals surface area contributed by atoms with E-state index >= 15 is 0 Å². The van der Waals surface area contributed by atoms with Gasteiger partial charge >= 0.3 is 0 Å². The zero-order valence-electron chi connectivity index (χ0n) is 18.6. The molecule has 3 N–H and O–H groups in total. The van der Waals surface area contributed by atoms with E-state index in [1.807, 2.05) is 37.3 Å². The number of carbonyl (C=O) groups is 1. The number of fused-ring (bicyclic) bond motifs is 1.